The number of benzene rings is 1. The Bertz CT molecular complexity index is 1030. The Morgan fingerprint density at radius 3 is 2.58 bits per heavy atom. The van der Waals surface area contributed by atoms with Crippen molar-refractivity contribution in [2.24, 2.45) is 10.9 Å². The predicted molar refractivity (Wildman–Crippen MR) is 121 cm³/mol. The van der Waals surface area contributed by atoms with Crippen LogP contribution in [0.4, 0.5) is 10.8 Å². The number of nitrogens with zero attached hydrogens (tertiary/aromatic N) is 4. The van der Waals surface area contributed by atoms with Crippen LogP contribution in [0.25, 0.3) is 0 Å². The van der Waals surface area contributed by atoms with Gasteiger partial charge >= 0.3 is 0 Å². The number of carbonyl (C=O) groups is 3. The van der Waals surface area contributed by atoms with Crippen molar-refractivity contribution in [3.63, 3.8) is 0 Å². The van der Waals surface area contributed by atoms with Crippen LogP contribution in [-0.4, -0.2) is 60.0 Å². The molecular formula is C21H20ClN5O3S. The number of hydrogen-bond acceptors (Lipinski definition) is 6. The Morgan fingerprint density at radius 2 is 1.90 bits per heavy atom. The van der Waals surface area contributed by atoms with Gasteiger partial charge in [0.05, 0.1) is 18.0 Å². The highest BCUT2D eigenvalue weighted by Crippen LogP contribution is 2.21. The van der Waals surface area contributed by atoms with E-state index in [1.807, 2.05) is 29.2 Å². The summed E-state index contributed by atoms with van der Waals surface area (Å²) in [6.07, 6.45) is 4.25. The summed E-state index contributed by atoms with van der Waals surface area (Å²) in [6.45, 7) is 2.79. The van der Waals surface area contributed by atoms with Gasteiger partial charge in [-0.3, -0.25) is 14.4 Å². The van der Waals surface area contributed by atoms with Crippen molar-refractivity contribution in [2.45, 2.75) is 6.42 Å². The van der Waals surface area contributed by atoms with E-state index in [1.165, 1.54) is 29.7 Å². The largest absolute Gasteiger partial charge is 0.368 e. The Balaban J connectivity index is 1.27. The summed E-state index contributed by atoms with van der Waals surface area (Å²) in [5.41, 5.74) is 1.71. The van der Waals surface area contributed by atoms with Crippen LogP contribution < -0.4 is 10.2 Å². The monoisotopic (exact) mass is 457 g/mol. The van der Waals surface area contributed by atoms with Gasteiger partial charge in [-0.15, -0.1) is 11.3 Å². The van der Waals surface area contributed by atoms with Crippen LogP contribution in [0.1, 0.15) is 5.69 Å². The summed E-state index contributed by atoms with van der Waals surface area (Å²) in [4.78, 5) is 48.0. The second-order valence-corrected chi connectivity index (χ2v) is 8.45. The van der Waals surface area contributed by atoms with Crippen molar-refractivity contribution in [1.29, 1.82) is 0 Å². The molecule has 0 aliphatic carbocycles. The lowest BCUT2D eigenvalue weighted by molar-refractivity contribution is -0.130. The van der Waals surface area contributed by atoms with Gasteiger partial charge < -0.3 is 15.1 Å². The van der Waals surface area contributed by atoms with Crippen LogP contribution in [0.15, 0.2) is 46.8 Å². The number of nitrogens with one attached hydrogen (secondary N) is 1. The lowest BCUT2D eigenvalue weighted by Crippen LogP contribution is -2.49. The summed E-state index contributed by atoms with van der Waals surface area (Å²) < 4.78 is 0. The number of thiazole rings is 1. The fourth-order valence-electron chi connectivity index (χ4n) is 3.35. The molecule has 4 rings (SSSR count). The molecule has 1 fully saturated rings. The first kappa shape index (κ1) is 21.2. The van der Waals surface area contributed by atoms with Gasteiger partial charge in [-0.2, -0.15) is 0 Å². The molecule has 1 saturated heterocycles. The molecule has 2 aromatic rings. The minimum Gasteiger partial charge on any atom is -0.368 e. The quantitative estimate of drug-likeness (QED) is 0.744. The van der Waals surface area contributed by atoms with Crippen molar-refractivity contribution >= 4 is 57.7 Å². The standard InChI is InChI=1S/C21H20ClN5O3S/c22-15-2-4-17(5-3-15)26-7-9-27(10-8-26)19(29)11-16-13-31-21(24-16)25-20(30)14-1-6-18(28)23-12-14/h1-6,12-14H,7-11H2,(H,24,25,30). The molecule has 1 unspecified atom stereocenters. The molecular weight excluding hydrogens is 438 g/mol. The van der Waals surface area contributed by atoms with Gasteiger partial charge in [0.15, 0.2) is 5.13 Å². The van der Waals surface area contributed by atoms with Crippen LogP contribution in [0, 0.1) is 5.92 Å². The highest BCUT2D eigenvalue weighted by molar-refractivity contribution is 7.14. The van der Waals surface area contributed by atoms with Crippen molar-refractivity contribution in [2.75, 3.05) is 36.4 Å². The molecule has 2 aliphatic heterocycles. The first-order valence-electron chi connectivity index (χ1n) is 9.78. The Hall–Kier alpha value is -3.04. The number of dihydropyridines is 1. The van der Waals surface area contributed by atoms with E-state index in [-0.39, 0.29) is 24.1 Å². The molecule has 31 heavy (non-hydrogen) atoms. The lowest BCUT2D eigenvalue weighted by atomic mass is 10.1. The van der Waals surface area contributed by atoms with Gasteiger partial charge in [0, 0.05) is 54.6 Å². The molecule has 3 amide bonds. The smallest absolute Gasteiger partial charge is 0.269 e. The zero-order chi connectivity index (χ0) is 21.8. The van der Waals surface area contributed by atoms with Crippen molar-refractivity contribution in [1.82, 2.24) is 9.88 Å². The Labute approximate surface area is 188 Å². The van der Waals surface area contributed by atoms with Crippen LogP contribution in [-0.2, 0) is 20.8 Å². The molecule has 0 bridgehead atoms. The molecule has 1 aromatic carbocycles. The van der Waals surface area contributed by atoms with Gasteiger partial charge in [-0.1, -0.05) is 17.7 Å². The van der Waals surface area contributed by atoms with Gasteiger partial charge in [-0.25, -0.2) is 9.98 Å². The number of aromatic nitrogens is 1. The third-order valence-electron chi connectivity index (χ3n) is 5.05. The molecule has 0 spiro atoms. The average Bonchev–Trinajstić information content (AvgIpc) is 3.21. The normalized spacial score (nSPS) is 18.4. The van der Waals surface area contributed by atoms with Gasteiger partial charge in [0.1, 0.15) is 0 Å². The van der Waals surface area contributed by atoms with Gasteiger partial charge in [0.2, 0.25) is 11.8 Å². The van der Waals surface area contributed by atoms with E-state index in [0.717, 1.165) is 18.8 Å². The second-order valence-electron chi connectivity index (χ2n) is 7.16. The maximum absolute atomic E-state index is 12.7. The van der Waals surface area contributed by atoms with E-state index >= 15 is 0 Å². The minimum absolute atomic E-state index is 0.0137. The predicted octanol–water partition coefficient (Wildman–Crippen LogP) is 2.41. The van der Waals surface area contributed by atoms with Crippen molar-refractivity contribution < 1.29 is 14.4 Å². The molecule has 1 aromatic heterocycles. The Morgan fingerprint density at radius 1 is 1.16 bits per heavy atom. The summed E-state index contributed by atoms with van der Waals surface area (Å²) in [6, 6.07) is 7.70. The number of hydrogen-bond donors (Lipinski definition) is 1. The molecule has 0 radical (unpaired) electrons. The first-order valence-corrected chi connectivity index (χ1v) is 11.0. The third-order valence-corrected chi connectivity index (χ3v) is 6.11. The number of carbonyl (C=O) groups excluding carboxylic acids is 3. The molecule has 160 valence electrons. The van der Waals surface area contributed by atoms with E-state index in [0.29, 0.717) is 28.9 Å². The summed E-state index contributed by atoms with van der Waals surface area (Å²) in [5.74, 6) is -1.30. The fourth-order valence-corrected chi connectivity index (χ4v) is 4.19. The fraction of sp³-hybridized carbons (Fsp3) is 0.286. The maximum atomic E-state index is 12.7. The van der Waals surface area contributed by atoms with Gasteiger partial charge in [-0.05, 0) is 24.3 Å². The van der Waals surface area contributed by atoms with E-state index in [1.54, 1.807) is 5.38 Å². The number of halogens is 1. The molecule has 8 nitrogen and oxygen atoms in total. The molecule has 3 heterocycles. The topological polar surface area (TPSA) is 95.0 Å². The molecule has 1 N–H and O–H groups in total. The van der Waals surface area contributed by atoms with Crippen LogP contribution in [0.5, 0.6) is 0 Å². The number of aliphatic imine (C=N–C) groups is 1. The average molecular weight is 458 g/mol. The highest BCUT2D eigenvalue weighted by atomic mass is 35.5. The second kappa shape index (κ2) is 9.40. The lowest BCUT2D eigenvalue weighted by Gasteiger charge is -2.36. The zero-order valence-corrected chi connectivity index (χ0v) is 18.1. The van der Waals surface area contributed by atoms with Crippen LogP contribution in [0.2, 0.25) is 5.02 Å². The van der Waals surface area contributed by atoms with E-state index in [2.05, 4.69) is 20.2 Å². The third kappa shape index (κ3) is 5.36. The molecule has 10 heteroatoms. The first-order chi connectivity index (χ1) is 15.0. The highest BCUT2D eigenvalue weighted by Gasteiger charge is 2.23. The van der Waals surface area contributed by atoms with Crippen molar-refractivity contribution in [3.8, 4) is 0 Å². The molecule has 0 saturated carbocycles. The van der Waals surface area contributed by atoms with Crippen LogP contribution >= 0.6 is 22.9 Å². The SMILES string of the molecule is O=C1C=CC(C(=O)Nc2nc(CC(=O)N3CCN(c4ccc(Cl)cc4)CC3)cs2)C=N1. The minimum atomic E-state index is -0.608. The van der Waals surface area contributed by atoms with Crippen molar-refractivity contribution in [3.05, 3.63) is 52.5 Å². The van der Waals surface area contributed by atoms with E-state index in [4.69, 9.17) is 11.6 Å². The number of rotatable bonds is 5. The summed E-state index contributed by atoms with van der Waals surface area (Å²) in [7, 11) is 0. The maximum Gasteiger partial charge on any atom is 0.269 e. The number of piperazine rings is 1. The van der Waals surface area contributed by atoms with Gasteiger partial charge in [0.25, 0.3) is 5.91 Å². The van der Waals surface area contributed by atoms with E-state index in [9.17, 15) is 14.4 Å². The number of anilines is 2. The zero-order valence-electron chi connectivity index (χ0n) is 16.5. The summed E-state index contributed by atoms with van der Waals surface area (Å²) >= 11 is 7.21. The van der Waals surface area contributed by atoms with E-state index < -0.39 is 5.92 Å². The molecule has 2 aliphatic rings. The molecule has 1 atom stereocenters. The number of amides is 3. The Kier molecular flexibility index (Phi) is 6.43. The summed E-state index contributed by atoms with van der Waals surface area (Å²) in [5, 5.41) is 5.59. The van der Waals surface area contributed by atoms with Crippen LogP contribution in [0.3, 0.4) is 0 Å².